The third kappa shape index (κ3) is 32.7. The summed E-state index contributed by atoms with van der Waals surface area (Å²) in [6.45, 7) is 3.28. The number of phosphoric acid groups is 1. The molecule has 0 bridgehead atoms. The van der Waals surface area contributed by atoms with E-state index in [1.54, 1.807) is 13.8 Å². The number of carboxylic acid groups (broad SMARTS) is 1. The molecule has 1 rings (SSSR count). The molecule has 0 aromatic carbocycles. The van der Waals surface area contributed by atoms with Gasteiger partial charge in [-0.05, 0) is 38.5 Å². The van der Waals surface area contributed by atoms with Crippen LogP contribution in [0.15, 0.2) is 4.99 Å². The monoisotopic (exact) mass is 1110 g/mol. The summed E-state index contributed by atoms with van der Waals surface area (Å²) in [5, 5.41) is 29.3. The van der Waals surface area contributed by atoms with E-state index < -0.39 is 130 Å². The zero-order valence-electron chi connectivity index (χ0n) is 43.1. The van der Waals surface area contributed by atoms with E-state index in [4.69, 9.17) is 39.5 Å². The molecule has 0 radical (unpaired) electrons. The van der Waals surface area contributed by atoms with Crippen molar-refractivity contribution >= 4 is 78.9 Å². The lowest BCUT2D eigenvalue weighted by Gasteiger charge is -2.25. The third-order valence-corrected chi connectivity index (χ3v) is 11.3. The van der Waals surface area contributed by atoms with Crippen molar-refractivity contribution in [3.8, 4) is 0 Å². The van der Waals surface area contributed by atoms with Crippen molar-refractivity contribution in [1.82, 2.24) is 42.5 Å². The van der Waals surface area contributed by atoms with Crippen LogP contribution in [-0.4, -0.2) is 190 Å². The summed E-state index contributed by atoms with van der Waals surface area (Å²) in [6, 6.07) is -5.27. The van der Waals surface area contributed by atoms with Gasteiger partial charge in [-0.1, -0.05) is 20.8 Å². The topological polar surface area (TPSA) is 461 Å². The van der Waals surface area contributed by atoms with Crippen LogP contribution in [0, 0.1) is 0 Å². The first kappa shape index (κ1) is 67.5. The summed E-state index contributed by atoms with van der Waals surface area (Å²) in [5.74, 6) is -8.31. The van der Waals surface area contributed by atoms with E-state index in [1.165, 1.54) is 6.92 Å². The quantitative estimate of drug-likeness (QED) is 0.00939. The number of nitrogens with two attached hydrogens (primary N) is 2. The van der Waals surface area contributed by atoms with E-state index in [0.717, 1.165) is 0 Å². The number of aliphatic imine (C=N–C) groups is 1. The summed E-state index contributed by atoms with van der Waals surface area (Å²) in [6.07, 6.45) is -1.29. The SMILES string of the molecule is CCC(=O)OC[C@H](COP(=O)(O)OCCNC(=O)CCC(=O)NCCOCCOCCC(=O)NCCCCC1NC(=O)[C@@H](CC)NC(=O)[C@H](CC(=O)O)NC(=O)CNC(=O)[C@H](CCCN=C(N)N)NC1=O)OC(=O)CC. The normalized spacial score (nSPS) is 18.5. The molecule has 8 amide bonds. The van der Waals surface area contributed by atoms with Crippen molar-refractivity contribution in [2.24, 2.45) is 16.5 Å². The van der Waals surface area contributed by atoms with Crippen molar-refractivity contribution < 1.29 is 95.3 Å². The smallest absolute Gasteiger partial charge is 0.472 e. The Morgan fingerprint density at radius 2 is 1.21 bits per heavy atom. The van der Waals surface area contributed by atoms with Crippen LogP contribution in [0.5, 0.6) is 0 Å². The highest BCUT2D eigenvalue weighted by molar-refractivity contribution is 7.47. The standard InChI is InChI=1S/C44H76N11O20P/c1-4-29-41(65)55-31(42(66)54-30(11-9-16-50-44(45)46)40(64)51-25-36(59)52-32(24-37(60)61)43(67)53-29)10-7-8-15-47-35(58)14-19-70-22-23-71-20-17-48-33(56)12-13-34(57)49-18-21-73-76(68,69)74-27-28(75-39(63)6-3)26-72-38(62)5-2/h28-32H,4-27H2,1-3H3,(H,47,58)(H,48,56)(H,49,57)(H,51,64)(H,52,59)(H,53,67)(H,54,66)(H,55,65)(H,60,61)(H,68,69)(H4,45,46,50)/t28-,29-,30+,31?,32+/m1/s1. The number of nitrogens with one attached hydrogen (secondary N) is 8. The predicted molar refractivity (Wildman–Crippen MR) is 265 cm³/mol. The molecular formula is C44H76N11O20P. The molecule has 0 aliphatic carbocycles. The second kappa shape index (κ2) is 38.9. The molecule has 0 spiro atoms. The summed E-state index contributed by atoms with van der Waals surface area (Å²) >= 11 is 0. The number of esters is 2. The fraction of sp³-hybridized carbons (Fsp3) is 0.727. The van der Waals surface area contributed by atoms with E-state index in [0.29, 0.717) is 12.8 Å². The highest BCUT2D eigenvalue weighted by Gasteiger charge is 2.33. The third-order valence-electron chi connectivity index (χ3n) is 10.3. The Hall–Kier alpha value is -6.53. The van der Waals surface area contributed by atoms with Crippen molar-refractivity contribution in [1.29, 1.82) is 0 Å². The van der Waals surface area contributed by atoms with Crippen LogP contribution in [0.2, 0.25) is 0 Å². The number of hydrogen-bond acceptors (Lipinski definition) is 19. The molecule has 1 heterocycles. The van der Waals surface area contributed by atoms with E-state index in [1.807, 2.05) is 0 Å². The van der Waals surface area contributed by atoms with E-state index >= 15 is 0 Å². The maximum Gasteiger partial charge on any atom is 0.472 e. The molecule has 0 aromatic heterocycles. The van der Waals surface area contributed by atoms with Gasteiger partial charge in [0.25, 0.3) is 0 Å². The highest BCUT2D eigenvalue weighted by atomic mass is 31.2. The molecule has 0 aromatic rings. The number of aliphatic carboxylic acids is 1. The number of amides is 8. The Kier molecular flexibility index (Phi) is 34.6. The van der Waals surface area contributed by atoms with E-state index in [9.17, 15) is 67.3 Å². The van der Waals surface area contributed by atoms with Crippen LogP contribution in [0.4, 0.5) is 0 Å². The molecule has 14 N–H and O–H groups in total. The summed E-state index contributed by atoms with van der Waals surface area (Å²) in [5.41, 5.74) is 10.8. The van der Waals surface area contributed by atoms with Crippen LogP contribution in [0.1, 0.15) is 97.8 Å². The van der Waals surface area contributed by atoms with Gasteiger partial charge in [0, 0.05) is 58.3 Å². The minimum absolute atomic E-state index is 0.00582. The van der Waals surface area contributed by atoms with Crippen LogP contribution < -0.4 is 54.0 Å². The first-order chi connectivity index (χ1) is 36.1. The van der Waals surface area contributed by atoms with E-state index in [-0.39, 0.29) is 122 Å². The lowest BCUT2D eigenvalue weighted by molar-refractivity contribution is -0.160. The molecule has 1 aliphatic heterocycles. The molecule has 1 fully saturated rings. The second-order valence-corrected chi connectivity index (χ2v) is 18.0. The Labute approximate surface area is 439 Å². The Morgan fingerprint density at radius 1 is 0.658 bits per heavy atom. The predicted octanol–water partition coefficient (Wildman–Crippen LogP) is -3.88. The zero-order chi connectivity index (χ0) is 56.9. The molecule has 1 saturated heterocycles. The van der Waals surface area contributed by atoms with Gasteiger partial charge in [-0.15, -0.1) is 0 Å². The second-order valence-electron chi connectivity index (χ2n) is 16.6. The van der Waals surface area contributed by atoms with Gasteiger partial charge in [0.1, 0.15) is 30.8 Å². The van der Waals surface area contributed by atoms with Crippen LogP contribution >= 0.6 is 7.82 Å². The van der Waals surface area contributed by atoms with Gasteiger partial charge in [-0.2, -0.15) is 0 Å². The first-order valence-corrected chi connectivity index (χ1v) is 26.3. The Morgan fingerprint density at radius 3 is 1.83 bits per heavy atom. The Bertz CT molecular complexity index is 1990. The van der Waals surface area contributed by atoms with Crippen LogP contribution in [0.3, 0.4) is 0 Å². The number of phosphoric ester groups is 1. The van der Waals surface area contributed by atoms with Gasteiger partial charge in [0.2, 0.25) is 47.3 Å². The highest BCUT2D eigenvalue weighted by Crippen LogP contribution is 2.43. The number of carbonyl (C=O) groups excluding carboxylic acids is 10. The molecular weight excluding hydrogens is 1030 g/mol. The average Bonchev–Trinajstić information content (AvgIpc) is 3.37. The number of rotatable bonds is 36. The number of hydrogen-bond donors (Lipinski definition) is 12. The molecule has 76 heavy (non-hydrogen) atoms. The largest absolute Gasteiger partial charge is 0.481 e. The molecule has 432 valence electrons. The van der Waals surface area contributed by atoms with Gasteiger partial charge >= 0.3 is 25.7 Å². The summed E-state index contributed by atoms with van der Waals surface area (Å²) < 4.78 is 42.6. The lowest BCUT2D eigenvalue weighted by Crippen LogP contribution is -2.57. The molecule has 6 atom stereocenters. The fourth-order valence-corrected chi connectivity index (χ4v) is 7.06. The summed E-state index contributed by atoms with van der Waals surface area (Å²) in [4.78, 5) is 151. The van der Waals surface area contributed by atoms with Crippen molar-refractivity contribution in [2.75, 3.05) is 79.0 Å². The number of nitrogens with zero attached hydrogens (tertiary/aromatic N) is 1. The lowest BCUT2D eigenvalue weighted by atomic mass is 10.0. The zero-order valence-corrected chi connectivity index (χ0v) is 44.0. The molecule has 2 unspecified atom stereocenters. The van der Waals surface area contributed by atoms with Crippen LogP contribution in [0.25, 0.3) is 0 Å². The minimum Gasteiger partial charge on any atom is -0.481 e. The van der Waals surface area contributed by atoms with Gasteiger partial charge in [0.15, 0.2) is 12.1 Å². The maximum atomic E-state index is 13.6. The maximum absolute atomic E-state index is 13.6. The molecule has 1 aliphatic rings. The van der Waals surface area contributed by atoms with Crippen molar-refractivity contribution in [3.05, 3.63) is 0 Å². The van der Waals surface area contributed by atoms with Crippen LogP contribution in [-0.2, 0) is 85.3 Å². The van der Waals surface area contributed by atoms with Gasteiger partial charge in [-0.3, -0.25) is 66.8 Å². The molecule has 31 nitrogen and oxygen atoms in total. The number of carboxylic acids is 1. The number of ether oxygens (including phenoxy) is 4. The van der Waals surface area contributed by atoms with Gasteiger partial charge in [0.05, 0.1) is 52.6 Å². The number of guanidine groups is 1. The molecule has 0 saturated carbocycles. The molecule has 32 heteroatoms. The van der Waals surface area contributed by atoms with Crippen molar-refractivity contribution in [3.63, 3.8) is 0 Å². The minimum atomic E-state index is -4.64. The fourth-order valence-electron chi connectivity index (χ4n) is 6.31. The number of carbonyl (C=O) groups is 11. The van der Waals surface area contributed by atoms with Gasteiger partial charge in [-0.25, -0.2) is 4.57 Å². The first-order valence-electron chi connectivity index (χ1n) is 24.8. The van der Waals surface area contributed by atoms with Crippen molar-refractivity contribution in [2.45, 2.75) is 128 Å². The average molecular weight is 1110 g/mol. The van der Waals surface area contributed by atoms with E-state index in [2.05, 4.69) is 47.5 Å². The summed E-state index contributed by atoms with van der Waals surface area (Å²) in [7, 11) is -4.64. The number of unbranched alkanes of at least 4 members (excludes halogenated alkanes) is 1. The Balaban J connectivity index is 2.45. The van der Waals surface area contributed by atoms with Gasteiger partial charge < -0.3 is 82.9 Å².